The Hall–Kier alpha value is -2.96. The lowest BCUT2D eigenvalue weighted by atomic mass is 10.1. The maximum absolute atomic E-state index is 12.8. The maximum Gasteiger partial charge on any atom is 0.259 e. The molecule has 0 bridgehead atoms. The zero-order valence-electron chi connectivity index (χ0n) is 14.4. The fraction of sp³-hybridized carbons (Fsp3) is 0.333. The van der Waals surface area contributed by atoms with Crippen molar-refractivity contribution in [2.75, 3.05) is 24.3 Å². The van der Waals surface area contributed by atoms with Crippen LogP contribution in [0.1, 0.15) is 40.5 Å². The molecule has 0 aliphatic heterocycles. The molecule has 3 aromatic heterocycles. The van der Waals surface area contributed by atoms with E-state index in [0.717, 1.165) is 24.4 Å². The molecule has 0 spiro atoms. The highest BCUT2D eigenvalue weighted by molar-refractivity contribution is 6.12. The van der Waals surface area contributed by atoms with Gasteiger partial charge in [-0.05, 0) is 38.0 Å². The number of pyridine rings is 2. The van der Waals surface area contributed by atoms with Crippen molar-refractivity contribution < 1.29 is 9.32 Å². The average molecular weight is 337 g/mol. The van der Waals surface area contributed by atoms with Gasteiger partial charge in [-0.3, -0.25) is 4.79 Å². The summed E-state index contributed by atoms with van der Waals surface area (Å²) in [7, 11) is 3.84. The number of carbonyl (C=O) groups excluding carboxylic acids is 1. The minimum absolute atomic E-state index is 0.208. The lowest BCUT2D eigenvalue weighted by molar-refractivity contribution is 0.102. The first-order valence-electron chi connectivity index (χ1n) is 8.24. The molecule has 0 radical (unpaired) electrons. The number of aryl methyl sites for hydroxylation is 1. The SMILES string of the molecule is Cc1noc2nc(C3CC3)cc(C(=O)Nc3ccc(N(C)C)nc3)c12. The molecule has 1 N–H and O–H groups in total. The number of nitrogens with zero attached hydrogens (tertiary/aromatic N) is 4. The van der Waals surface area contributed by atoms with Crippen molar-refractivity contribution in [1.29, 1.82) is 0 Å². The number of fused-ring (bicyclic) bond motifs is 1. The number of rotatable bonds is 4. The molecule has 1 saturated carbocycles. The number of amides is 1. The van der Waals surface area contributed by atoms with Crippen molar-refractivity contribution in [3.63, 3.8) is 0 Å². The summed E-state index contributed by atoms with van der Waals surface area (Å²) in [5.41, 5.74) is 3.17. The third kappa shape index (κ3) is 2.93. The second-order valence-electron chi connectivity index (χ2n) is 6.57. The van der Waals surface area contributed by atoms with Crippen LogP contribution in [0.5, 0.6) is 0 Å². The number of aromatic nitrogens is 3. The quantitative estimate of drug-likeness (QED) is 0.787. The molecule has 0 atom stereocenters. The second-order valence-corrected chi connectivity index (χ2v) is 6.57. The average Bonchev–Trinajstić information content (AvgIpc) is 3.38. The van der Waals surface area contributed by atoms with E-state index in [-0.39, 0.29) is 5.91 Å². The summed E-state index contributed by atoms with van der Waals surface area (Å²) in [6.07, 6.45) is 3.85. The molecule has 1 aliphatic rings. The highest BCUT2D eigenvalue weighted by Gasteiger charge is 2.28. The highest BCUT2D eigenvalue weighted by Crippen LogP contribution is 2.40. The van der Waals surface area contributed by atoms with Crippen LogP contribution in [0.4, 0.5) is 11.5 Å². The second kappa shape index (κ2) is 5.84. The van der Waals surface area contributed by atoms with Gasteiger partial charge in [0.05, 0.1) is 28.5 Å². The van der Waals surface area contributed by atoms with Crippen molar-refractivity contribution in [2.24, 2.45) is 0 Å². The van der Waals surface area contributed by atoms with E-state index in [0.29, 0.717) is 34.0 Å². The van der Waals surface area contributed by atoms with Crippen molar-refractivity contribution in [2.45, 2.75) is 25.7 Å². The fourth-order valence-corrected chi connectivity index (χ4v) is 2.80. The Bertz CT molecular complexity index is 942. The molecule has 7 heteroatoms. The molecule has 0 aromatic carbocycles. The highest BCUT2D eigenvalue weighted by atomic mass is 16.5. The zero-order chi connectivity index (χ0) is 17.6. The molecule has 0 saturated heterocycles. The predicted octanol–water partition coefficient (Wildman–Crippen LogP) is 3.12. The number of carbonyl (C=O) groups is 1. The van der Waals surface area contributed by atoms with Crippen LogP contribution in [0.25, 0.3) is 11.1 Å². The Morgan fingerprint density at radius 1 is 1.32 bits per heavy atom. The largest absolute Gasteiger partial charge is 0.363 e. The van der Waals surface area contributed by atoms with Crippen LogP contribution < -0.4 is 10.2 Å². The summed E-state index contributed by atoms with van der Waals surface area (Å²) < 4.78 is 5.29. The molecule has 1 aliphatic carbocycles. The Kier molecular flexibility index (Phi) is 3.63. The molecule has 1 amide bonds. The Balaban J connectivity index is 1.68. The summed E-state index contributed by atoms with van der Waals surface area (Å²) in [6.45, 7) is 1.81. The number of nitrogens with one attached hydrogen (secondary N) is 1. The fourth-order valence-electron chi connectivity index (χ4n) is 2.80. The minimum Gasteiger partial charge on any atom is -0.363 e. The molecular formula is C18H19N5O2. The first-order valence-corrected chi connectivity index (χ1v) is 8.24. The standard InChI is InChI=1S/C18H19N5O2/c1-10-16-13(8-14(11-4-5-11)21-18(16)25-22-10)17(24)20-12-6-7-15(19-9-12)23(2)3/h6-9,11H,4-5H2,1-3H3,(H,20,24). The van der Waals surface area contributed by atoms with Crippen LogP contribution >= 0.6 is 0 Å². The molecule has 3 heterocycles. The summed E-state index contributed by atoms with van der Waals surface area (Å²) in [5.74, 6) is 1.04. The van der Waals surface area contributed by atoms with E-state index in [1.54, 1.807) is 6.20 Å². The van der Waals surface area contributed by atoms with E-state index >= 15 is 0 Å². The minimum atomic E-state index is -0.208. The molecule has 4 rings (SSSR count). The van der Waals surface area contributed by atoms with E-state index in [2.05, 4.69) is 20.4 Å². The molecule has 0 unspecified atom stereocenters. The number of anilines is 2. The summed E-state index contributed by atoms with van der Waals surface area (Å²) in [5, 5.41) is 7.53. The molecular weight excluding hydrogens is 318 g/mol. The van der Waals surface area contributed by atoms with Gasteiger partial charge in [0.1, 0.15) is 5.82 Å². The summed E-state index contributed by atoms with van der Waals surface area (Å²) in [4.78, 5) is 23.6. The molecule has 3 aromatic rings. The van der Waals surface area contributed by atoms with Crippen LogP contribution in [0.2, 0.25) is 0 Å². The Morgan fingerprint density at radius 3 is 2.76 bits per heavy atom. The van der Waals surface area contributed by atoms with Gasteiger partial charge in [0.25, 0.3) is 11.6 Å². The van der Waals surface area contributed by atoms with Gasteiger partial charge in [0, 0.05) is 25.7 Å². The molecule has 1 fully saturated rings. The van der Waals surface area contributed by atoms with Crippen LogP contribution in [-0.4, -0.2) is 35.1 Å². The third-order valence-corrected chi connectivity index (χ3v) is 4.34. The summed E-state index contributed by atoms with van der Waals surface area (Å²) >= 11 is 0. The number of hydrogen-bond acceptors (Lipinski definition) is 6. The molecule has 128 valence electrons. The van der Waals surface area contributed by atoms with Crippen LogP contribution in [0.3, 0.4) is 0 Å². The van der Waals surface area contributed by atoms with Crippen molar-refractivity contribution in [3.8, 4) is 0 Å². The zero-order valence-corrected chi connectivity index (χ0v) is 14.4. The summed E-state index contributed by atoms with van der Waals surface area (Å²) in [6, 6.07) is 5.56. The van der Waals surface area contributed by atoms with Crippen LogP contribution in [-0.2, 0) is 0 Å². The lowest BCUT2D eigenvalue weighted by Crippen LogP contribution is -2.14. The normalized spacial score (nSPS) is 13.9. The van der Waals surface area contributed by atoms with Gasteiger partial charge in [0.15, 0.2) is 0 Å². The van der Waals surface area contributed by atoms with Crippen LogP contribution in [0.15, 0.2) is 28.9 Å². The van der Waals surface area contributed by atoms with E-state index in [1.807, 2.05) is 44.1 Å². The van der Waals surface area contributed by atoms with Crippen molar-refractivity contribution in [1.82, 2.24) is 15.1 Å². The van der Waals surface area contributed by atoms with Gasteiger partial charge in [-0.15, -0.1) is 0 Å². The Morgan fingerprint density at radius 2 is 2.12 bits per heavy atom. The van der Waals surface area contributed by atoms with Crippen LogP contribution in [0, 0.1) is 6.92 Å². The van der Waals surface area contributed by atoms with E-state index < -0.39 is 0 Å². The number of hydrogen-bond donors (Lipinski definition) is 1. The topological polar surface area (TPSA) is 84.1 Å². The molecule has 7 nitrogen and oxygen atoms in total. The molecule has 25 heavy (non-hydrogen) atoms. The van der Waals surface area contributed by atoms with E-state index in [9.17, 15) is 4.79 Å². The Labute approximate surface area is 145 Å². The van der Waals surface area contributed by atoms with Crippen molar-refractivity contribution in [3.05, 3.63) is 41.3 Å². The van der Waals surface area contributed by atoms with Gasteiger partial charge in [-0.1, -0.05) is 5.16 Å². The predicted molar refractivity (Wildman–Crippen MR) is 95.0 cm³/mol. The maximum atomic E-state index is 12.8. The van der Waals surface area contributed by atoms with E-state index in [4.69, 9.17) is 4.52 Å². The first kappa shape index (κ1) is 15.6. The van der Waals surface area contributed by atoms with Gasteiger partial charge in [-0.25, -0.2) is 9.97 Å². The smallest absolute Gasteiger partial charge is 0.259 e. The first-order chi connectivity index (χ1) is 12.0. The van der Waals surface area contributed by atoms with Gasteiger partial charge in [-0.2, -0.15) is 0 Å². The van der Waals surface area contributed by atoms with Gasteiger partial charge in [0.2, 0.25) is 0 Å². The van der Waals surface area contributed by atoms with Gasteiger partial charge >= 0.3 is 0 Å². The van der Waals surface area contributed by atoms with Crippen molar-refractivity contribution >= 4 is 28.5 Å². The monoisotopic (exact) mass is 337 g/mol. The van der Waals surface area contributed by atoms with Gasteiger partial charge < -0.3 is 14.7 Å². The van der Waals surface area contributed by atoms with E-state index in [1.165, 1.54) is 0 Å². The third-order valence-electron chi connectivity index (χ3n) is 4.34. The lowest BCUT2D eigenvalue weighted by Gasteiger charge is -2.12.